The molecule has 3 fully saturated rings. The van der Waals surface area contributed by atoms with Crippen LogP contribution in [0.4, 0.5) is 0 Å². The van der Waals surface area contributed by atoms with Gasteiger partial charge in [0.25, 0.3) is 5.91 Å². The number of nitrogens with zero attached hydrogens (tertiary/aromatic N) is 1. The van der Waals surface area contributed by atoms with Crippen LogP contribution in [0.15, 0.2) is 22.8 Å². The van der Waals surface area contributed by atoms with Crippen molar-refractivity contribution in [2.75, 3.05) is 32.8 Å². The summed E-state index contributed by atoms with van der Waals surface area (Å²) in [6, 6.07) is 3.73. The van der Waals surface area contributed by atoms with Gasteiger partial charge >= 0.3 is 0 Å². The van der Waals surface area contributed by atoms with Gasteiger partial charge in [0.15, 0.2) is 5.76 Å². The van der Waals surface area contributed by atoms with Crippen LogP contribution in [0, 0.1) is 11.3 Å². The van der Waals surface area contributed by atoms with Gasteiger partial charge in [-0.25, -0.2) is 0 Å². The standard InChI is InChI=1S/C18H26N2O3/c21-17(16-2-1-9-23-16)20-13-18(5-7-19-8-6-18)10-15(20)12-22-11-14-3-4-14/h1-2,9,14-15,19H,3-8,10-13H2. The van der Waals surface area contributed by atoms with E-state index in [0.29, 0.717) is 12.4 Å². The van der Waals surface area contributed by atoms with E-state index in [4.69, 9.17) is 9.15 Å². The zero-order valence-corrected chi connectivity index (χ0v) is 13.6. The Balaban J connectivity index is 1.46. The molecule has 126 valence electrons. The van der Waals surface area contributed by atoms with E-state index in [0.717, 1.165) is 51.4 Å². The quantitative estimate of drug-likeness (QED) is 0.905. The molecule has 5 nitrogen and oxygen atoms in total. The Morgan fingerprint density at radius 3 is 2.87 bits per heavy atom. The number of hydrogen-bond donors (Lipinski definition) is 1. The lowest BCUT2D eigenvalue weighted by atomic mass is 9.77. The fraction of sp³-hybridized carbons (Fsp3) is 0.722. The van der Waals surface area contributed by atoms with Crippen LogP contribution in [0.3, 0.4) is 0 Å². The van der Waals surface area contributed by atoms with Crippen LogP contribution in [0.2, 0.25) is 0 Å². The molecule has 1 aliphatic carbocycles. The Morgan fingerprint density at radius 1 is 1.35 bits per heavy atom. The predicted octanol–water partition coefficient (Wildman–Crippen LogP) is 2.29. The highest BCUT2D eigenvalue weighted by molar-refractivity contribution is 5.92. The van der Waals surface area contributed by atoms with E-state index in [1.165, 1.54) is 12.8 Å². The Hall–Kier alpha value is -1.33. The van der Waals surface area contributed by atoms with E-state index in [1.54, 1.807) is 18.4 Å². The van der Waals surface area contributed by atoms with Gasteiger partial charge in [0, 0.05) is 13.2 Å². The van der Waals surface area contributed by atoms with Crippen molar-refractivity contribution in [3.63, 3.8) is 0 Å². The van der Waals surface area contributed by atoms with Gasteiger partial charge < -0.3 is 19.4 Å². The lowest BCUT2D eigenvalue weighted by Gasteiger charge is -2.33. The monoisotopic (exact) mass is 318 g/mol. The molecule has 1 aromatic rings. The smallest absolute Gasteiger partial charge is 0.289 e. The Morgan fingerprint density at radius 2 is 2.17 bits per heavy atom. The number of nitrogens with one attached hydrogen (secondary N) is 1. The molecule has 3 heterocycles. The highest BCUT2D eigenvalue weighted by atomic mass is 16.5. The van der Waals surface area contributed by atoms with Gasteiger partial charge in [0.1, 0.15) is 0 Å². The highest BCUT2D eigenvalue weighted by Gasteiger charge is 2.46. The molecule has 1 N–H and O–H groups in total. The minimum Gasteiger partial charge on any atom is -0.459 e. The molecule has 1 aromatic heterocycles. The van der Waals surface area contributed by atoms with E-state index in [9.17, 15) is 4.79 Å². The Bertz CT molecular complexity index is 532. The molecule has 0 radical (unpaired) electrons. The van der Waals surface area contributed by atoms with Crippen LogP contribution in [0.25, 0.3) is 0 Å². The number of rotatable bonds is 5. The van der Waals surface area contributed by atoms with Crippen molar-refractivity contribution in [1.82, 2.24) is 10.2 Å². The summed E-state index contributed by atoms with van der Waals surface area (Å²) in [5.74, 6) is 1.23. The molecular weight excluding hydrogens is 292 g/mol. The van der Waals surface area contributed by atoms with Gasteiger partial charge in [-0.1, -0.05) is 0 Å². The molecule has 2 saturated heterocycles. The van der Waals surface area contributed by atoms with Crippen molar-refractivity contribution in [2.45, 2.75) is 38.1 Å². The fourth-order valence-corrected chi connectivity index (χ4v) is 4.07. The molecule has 0 bridgehead atoms. The summed E-state index contributed by atoms with van der Waals surface area (Å²) in [6.07, 6.45) is 7.53. The first kappa shape index (κ1) is 15.2. The molecule has 1 unspecified atom stereocenters. The highest BCUT2D eigenvalue weighted by Crippen LogP contribution is 2.42. The average Bonchev–Trinajstić information content (AvgIpc) is 3.10. The van der Waals surface area contributed by atoms with Crippen molar-refractivity contribution >= 4 is 5.91 Å². The Labute approximate surface area is 137 Å². The van der Waals surface area contributed by atoms with Crippen molar-refractivity contribution < 1.29 is 13.9 Å². The summed E-state index contributed by atoms with van der Waals surface area (Å²) in [4.78, 5) is 14.8. The van der Waals surface area contributed by atoms with Crippen LogP contribution in [-0.2, 0) is 4.74 Å². The van der Waals surface area contributed by atoms with E-state index >= 15 is 0 Å². The maximum atomic E-state index is 12.8. The van der Waals surface area contributed by atoms with Crippen molar-refractivity contribution in [1.29, 1.82) is 0 Å². The first-order chi connectivity index (χ1) is 11.3. The zero-order valence-electron chi connectivity index (χ0n) is 13.6. The van der Waals surface area contributed by atoms with E-state index in [1.807, 2.05) is 4.90 Å². The summed E-state index contributed by atoms with van der Waals surface area (Å²) in [5, 5.41) is 3.44. The van der Waals surface area contributed by atoms with Crippen molar-refractivity contribution in [2.24, 2.45) is 11.3 Å². The molecule has 4 rings (SSSR count). The lowest BCUT2D eigenvalue weighted by Crippen LogP contribution is -2.41. The molecular formula is C18H26N2O3. The molecule has 3 aliphatic rings. The van der Waals surface area contributed by atoms with Crippen LogP contribution in [-0.4, -0.2) is 49.7 Å². The molecule has 1 amide bonds. The fourth-order valence-electron chi connectivity index (χ4n) is 4.07. The molecule has 0 aromatic carbocycles. The third-order valence-corrected chi connectivity index (χ3v) is 5.63. The van der Waals surface area contributed by atoms with Crippen LogP contribution in [0.5, 0.6) is 0 Å². The van der Waals surface area contributed by atoms with Gasteiger partial charge in [-0.05, 0) is 68.7 Å². The van der Waals surface area contributed by atoms with Crippen LogP contribution >= 0.6 is 0 Å². The summed E-state index contributed by atoms with van der Waals surface area (Å²) in [7, 11) is 0. The number of hydrogen-bond acceptors (Lipinski definition) is 4. The predicted molar refractivity (Wildman–Crippen MR) is 86.2 cm³/mol. The first-order valence-electron chi connectivity index (χ1n) is 8.89. The lowest BCUT2D eigenvalue weighted by molar-refractivity contribution is 0.0490. The van der Waals surface area contributed by atoms with Gasteiger partial charge in [0.05, 0.1) is 18.9 Å². The third-order valence-electron chi connectivity index (χ3n) is 5.63. The number of likely N-dealkylation sites (tertiary alicyclic amines) is 1. The number of furan rings is 1. The maximum Gasteiger partial charge on any atom is 0.289 e. The number of piperidine rings is 1. The van der Waals surface area contributed by atoms with E-state index in [2.05, 4.69) is 5.32 Å². The molecule has 1 saturated carbocycles. The zero-order chi connectivity index (χ0) is 15.7. The second-order valence-electron chi connectivity index (χ2n) is 7.50. The average molecular weight is 318 g/mol. The van der Waals surface area contributed by atoms with Gasteiger partial charge in [-0.15, -0.1) is 0 Å². The summed E-state index contributed by atoms with van der Waals surface area (Å²) < 4.78 is 11.3. The molecule has 2 aliphatic heterocycles. The number of amides is 1. The molecule has 1 spiro atoms. The largest absolute Gasteiger partial charge is 0.459 e. The normalized spacial score (nSPS) is 26.8. The maximum absolute atomic E-state index is 12.8. The minimum atomic E-state index is 0.0189. The van der Waals surface area contributed by atoms with Crippen molar-refractivity contribution in [3.8, 4) is 0 Å². The van der Waals surface area contributed by atoms with E-state index in [-0.39, 0.29) is 17.4 Å². The van der Waals surface area contributed by atoms with Crippen LogP contribution in [0.1, 0.15) is 42.7 Å². The van der Waals surface area contributed by atoms with Gasteiger partial charge in [-0.3, -0.25) is 4.79 Å². The van der Waals surface area contributed by atoms with E-state index < -0.39 is 0 Å². The number of carbonyl (C=O) groups excluding carboxylic acids is 1. The summed E-state index contributed by atoms with van der Waals surface area (Å²) in [5.41, 5.74) is 0.265. The second kappa shape index (κ2) is 6.29. The SMILES string of the molecule is O=C(c1ccco1)N1CC2(CCNCC2)CC1COCC1CC1. The Kier molecular flexibility index (Phi) is 4.16. The molecule has 23 heavy (non-hydrogen) atoms. The van der Waals surface area contributed by atoms with Crippen molar-refractivity contribution in [3.05, 3.63) is 24.2 Å². The molecule has 1 atom stereocenters. The summed E-state index contributed by atoms with van der Waals surface area (Å²) in [6.45, 7) is 4.47. The number of carbonyl (C=O) groups is 1. The second-order valence-corrected chi connectivity index (χ2v) is 7.50. The van der Waals surface area contributed by atoms with Crippen LogP contribution < -0.4 is 5.32 Å². The third kappa shape index (κ3) is 3.31. The van der Waals surface area contributed by atoms with Gasteiger partial charge in [0.2, 0.25) is 0 Å². The minimum absolute atomic E-state index is 0.0189. The summed E-state index contributed by atoms with van der Waals surface area (Å²) >= 11 is 0. The topological polar surface area (TPSA) is 54.7 Å². The first-order valence-corrected chi connectivity index (χ1v) is 8.89. The number of ether oxygens (including phenoxy) is 1. The molecule has 5 heteroatoms. The van der Waals surface area contributed by atoms with Gasteiger partial charge in [-0.2, -0.15) is 0 Å².